The van der Waals surface area contributed by atoms with E-state index in [9.17, 15) is 26.0 Å². The molecule has 0 saturated heterocycles. The van der Waals surface area contributed by atoms with Gasteiger partial charge in [0.1, 0.15) is 17.3 Å². The highest BCUT2D eigenvalue weighted by atomic mass is 32.2. The number of aromatic nitrogens is 1. The monoisotopic (exact) mass is 594 g/mol. The predicted octanol–water partition coefficient (Wildman–Crippen LogP) is 7.59. The first-order valence-electron chi connectivity index (χ1n) is 13.1. The third-order valence-electron chi connectivity index (χ3n) is 6.90. The molecule has 0 radical (unpaired) electrons. The largest absolute Gasteiger partial charge is 0.457 e. The van der Waals surface area contributed by atoms with Crippen molar-refractivity contribution in [1.29, 1.82) is 0 Å². The summed E-state index contributed by atoms with van der Waals surface area (Å²) in [5.41, 5.74) is 6.58. The second-order valence-corrected chi connectivity index (χ2v) is 12.0. The number of nitrogens with two attached hydrogens (primary N) is 1. The van der Waals surface area contributed by atoms with Crippen LogP contribution in [0.1, 0.15) is 17.5 Å². The minimum atomic E-state index is -4.55. The van der Waals surface area contributed by atoms with Gasteiger partial charge in [-0.15, -0.1) is 0 Å². The molecular formula is C32H26F4N2O3S. The Kier molecular flexibility index (Phi) is 8.29. The average Bonchev–Trinajstić information content (AvgIpc) is 2.97. The molecule has 0 aliphatic heterocycles. The summed E-state index contributed by atoms with van der Waals surface area (Å²) in [5.74, 6) is 0.221. The van der Waals surface area contributed by atoms with E-state index in [1.54, 1.807) is 60.7 Å². The highest BCUT2D eigenvalue weighted by Gasteiger charge is 2.33. The molecule has 2 N–H and O–H groups in total. The summed E-state index contributed by atoms with van der Waals surface area (Å²) < 4.78 is 87.2. The Hall–Kier alpha value is -4.28. The smallest absolute Gasteiger partial charge is 0.418 e. The van der Waals surface area contributed by atoms with Gasteiger partial charge in [-0.3, -0.25) is 4.98 Å². The zero-order valence-corrected chi connectivity index (χ0v) is 23.0. The summed E-state index contributed by atoms with van der Waals surface area (Å²) >= 11 is 0. The minimum Gasteiger partial charge on any atom is -0.457 e. The van der Waals surface area contributed by atoms with Gasteiger partial charge in [-0.05, 0) is 90.7 Å². The van der Waals surface area contributed by atoms with Crippen molar-refractivity contribution in [3.05, 3.63) is 120 Å². The number of nitrogens with zero attached hydrogens (tertiary/aromatic N) is 1. The van der Waals surface area contributed by atoms with Gasteiger partial charge in [-0.25, -0.2) is 12.8 Å². The molecule has 0 saturated carbocycles. The molecule has 1 unspecified atom stereocenters. The van der Waals surface area contributed by atoms with Gasteiger partial charge < -0.3 is 10.5 Å². The van der Waals surface area contributed by atoms with E-state index in [1.165, 1.54) is 36.5 Å². The summed E-state index contributed by atoms with van der Waals surface area (Å²) in [7, 11) is -3.83. The van der Waals surface area contributed by atoms with Gasteiger partial charge >= 0.3 is 6.18 Å². The second kappa shape index (κ2) is 11.9. The van der Waals surface area contributed by atoms with E-state index < -0.39 is 32.6 Å². The number of para-hydroxylation sites is 1. The van der Waals surface area contributed by atoms with E-state index in [0.29, 0.717) is 27.8 Å². The van der Waals surface area contributed by atoms with Crippen molar-refractivity contribution in [3.63, 3.8) is 0 Å². The van der Waals surface area contributed by atoms with Crippen molar-refractivity contribution >= 4 is 20.7 Å². The normalized spacial score (nSPS) is 12.8. The van der Waals surface area contributed by atoms with Crippen LogP contribution in [0.5, 0.6) is 11.5 Å². The number of fused-ring (bicyclic) bond motifs is 1. The molecule has 1 heterocycles. The molecule has 1 aromatic heterocycles. The number of alkyl halides is 3. The molecular weight excluding hydrogens is 568 g/mol. The third kappa shape index (κ3) is 6.29. The lowest BCUT2D eigenvalue weighted by atomic mass is 9.99. The zero-order chi connectivity index (χ0) is 29.9. The SMILES string of the molecule is NCCC(Cc1ccc(F)cc1)S(=O)(=O)c1cccc(Oc2cccc(-c3ccnc4c(C(F)(F)F)cccc34)c2)c1. The van der Waals surface area contributed by atoms with Crippen molar-refractivity contribution in [2.75, 3.05) is 6.54 Å². The number of ether oxygens (including phenoxy) is 1. The quantitative estimate of drug-likeness (QED) is 0.178. The Morgan fingerprint density at radius 3 is 2.26 bits per heavy atom. The van der Waals surface area contributed by atoms with Crippen molar-refractivity contribution in [2.24, 2.45) is 5.73 Å². The van der Waals surface area contributed by atoms with Crippen LogP contribution in [0, 0.1) is 5.82 Å². The molecule has 0 fully saturated rings. The Morgan fingerprint density at radius 2 is 1.55 bits per heavy atom. The molecule has 0 aliphatic carbocycles. The van der Waals surface area contributed by atoms with Crippen molar-refractivity contribution in [1.82, 2.24) is 4.98 Å². The fourth-order valence-corrected chi connectivity index (χ4v) is 6.65. The maximum absolute atomic E-state index is 13.6. The van der Waals surface area contributed by atoms with E-state index in [1.807, 2.05) is 0 Å². The Balaban J connectivity index is 1.43. The Bertz CT molecular complexity index is 1820. The molecule has 42 heavy (non-hydrogen) atoms. The van der Waals surface area contributed by atoms with E-state index in [0.717, 1.165) is 6.07 Å². The zero-order valence-electron chi connectivity index (χ0n) is 22.2. The van der Waals surface area contributed by atoms with Crippen LogP contribution < -0.4 is 10.5 Å². The summed E-state index contributed by atoms with van der Waals surface area (Å²) in [5, 5.41) is -0.488. The molecule has 5 nitrogen and oxygen atoms in total. The van der Waals surface area contributed by atoms with Crippen molar-refractivity contribution in [2.45, 2.75) is 29.2 Å². The third-order valence-corrected chi connectivity index (χ3v) is 9.09. The Labute approximate surface area is 240 Å². The van der Waals surface area contributed by atoms with Crippen LogP contribution in [0.2, 0.25) is 0 Å². The molecule has 0 spiro atoms. The van der Waals surface area contributed by atoms with Gasteiger partial charge in [0.25, 0.3) is 0 Å². The van der Waals surface area contributed by atoms with Gasteiger partial charge in [-0.1, -0.05) is 42.5 Å². The maximum Gasteiger partial charge on any atom is 0.418 e. The van der Waals surface area contributed by atoms with Crippen LogP contribution in [-0.2, 0) is 22.4 Å². The number of pyridine rings is 1. The van der Waals surface area contributed by atoms with E-state index in [2.05, 4.69) is 4.98 Å². The maximum atomic E-state index is 13.6. The molecule has 216 valence electrons. The molecule has 1 atom stereocenters. The lowest BCUT2D eigenvalue weighted by molar-refractivity contribution is -0.136. The molecule has 0 aliphatic rings. The van der Waals surface area contributed by atoms with Crippen LogP contribution in [-0.4, -0.2) is 25.2 Å². The number of sulfone groups is 1. The first-order chi connectivity index (χ1) is 20.1. The highest BCUT2D eigenvalue weighted by Crippen LogP contribution is 2.38. The highest BCUT2D eigenvalue weighted by molar-refractivity contribution is 7.92. The number of benzene rings is 4. The standard InChI is InChI=1S/C32H26F4N2O3S/c33-23-12-10-21(11-13-23)18-27(14-16-37)42(39,40)26-7-2-6-25(20-26)41-24-5-1-4-22(19-24)28-15-17-38-31-29(28)8-3-9-30(31)32(34,35)36/h1-13,15,17,19-20,27H,14,16,18,37H2. The van der Waals surface area contributed by atoms with Gasteiger partial charge in [0, 0.05) is 11.6 Å². The number of hydrogen-bond acceptors (Lipinski definition) is 5. The van der Waals surface area contributed by atoms with Crippen molar-refractivity contribution in [3.8, 4) is 22.6 Å². The van der Waals surface area contributed by atoms with Gasteiger partial charge in [0.15, 0.2) is 9.84 Å². The lowest BCUT2D eigenvalue weighted by Gasteiger charge is -2.18. The molecule has 10 heteroatoms. The summed E-state index contributed by atoms with van der Waals surface area (Å²) in [4.78, 5) is 4.03. The first-order valence-corrected chi connectivity index (χ1v) is 14.6. The molecule has 0 amide bonds. The average molecular weight is 595 g/mol. The molecule has 4 aromatic carbocycles. The van der Waals surface area contributed by atoms with Crippen LogP contribution in [0.4, 0.5) is 17.6 Å². The van der Waals surface area contributed by atoms with Crippen LogP contribution >= 0.6 is 0 Å². The number of halogens is 4. The van der Waals surface area contributed by atoms with Crippen LogP contribution in [0.25, 0.3) is 22.0 Å². The number of hydrogen-bond donors (Lipinski definition) is 1. The lowest BCUT2D eigenvalue weighted by Crippen LogP contribution is -2.27. The Morgan fingerprint density at radius 1 is 0.857 bits per heavy atom. The molecule has 0 bridgehead atoms. The van der Waals surface area contributed by atoms with Gasteiger partial charge in [0.05, 0.1) is 21.2 Å². The first kappa shape index (κ1) is 29.2. The summed E-state index contributed by atoms with van der Waals surface area (Å²) in [6.45, 7) is 0.155. The fourth-order valence-electron chi connectivity index (χ4n) is 4.86. The van der Waals surface area contributed by atoms with Crippen LogP contribution in [0.15, 0.2) is 108 Å². The van der Waals surface area contributed by atoms with Gasteiger partial charge in [0.2, 0.25) is 0 Å². The molecule has 5 aromatic rings. The summed E-state index contributed by atoms with van der Waals surface area (Å²) in [6.07, 6.45) is -2.84. The van der Waals surface area contributed by atoms with Crippen molar-refractivity contribution < 1.29 is 30.7 Å². The fraction of sp³-hybridized carbons (Fsp3) is 0.156. The van der Waals surface area contributed by atoms with Gasteiger partial charge in [-0.2, -0.15) is 13.2 Å². The van der Waals surface area contributed by atoms with Crippen LogP contribution in [0.3, 0.4) is 0 Å². The number of rotatable bonds is 9. The van der Waals surface area contributed by atoms with E-state index in [-0.39, 0.29) is 35.5 Å². The van der Waals surface area contributed by atoms with E-state index in [4.69, 9.17) is 10.5 Å². The molecule has 5 rings (SSSR count). The summed E-state index contributed by atoms with van der Waals surface area (Å²) in [6, 6.07) is 24.1. The van der Waals surface area contributed by atoms with E-state index >= 15 is 0 Å². The topological polar surface area (TPSA) is 82.3 Å². The minimum absolute atomic E-state index is 0.0523. The predicted molar refractivity (Wildman–Crippen MR) is 153 cm³/mol. The second-order valence-electron chi connectivity index (χ2n) is 9.74.